The summed E-state index contributed by atoms with van der Waals surface area (Å²) in [5, 5.41) is 9.24. The fraction of sp³-hybridized carbons (Fsp3) is 0.417. The van der Waals surface area contributed by atoms with Crippen LogP contribution in [0.4, 0.5) is 0 Å². The Labute approximate surface area is 184 Å². The topological polar surface area (TPSA) is 81.5 Å². The monoisotopic (exact) mass is 437 g/mol. The van der Waals surface area contributed by atoms with Gasteiger partial charge in [0.25, 0.3) is 5.91 Å². The van der Waals surface area contributed by atoms with E-state index in [1.807, 2.05) is 18.2 Å². The van der Waals surface area contributed by atoms with E-state index in [4.69, 9.17) is 0 Å². The molecule has 0 radical (unpaired) electrons. The van der Waals surface area contributed by atoms with Crippen LogP contribution in [0.2, 0.25) is 0 Å². The third-order valence-corrected chi connectivity index (χ3v) is 8.34. The predicted molar refractivity (Wildman–Crippen MR) is 118 cm³/mol. The lowest BCUT2D eigenvalue weighted by atomic mass is 9.84. The third-order valence-electron chi connectivity index (χ3n) is 6.39. The SMILES string of the molecule is N#Cc1ccccc1S(=O)(=O)N1CCN(C(=O)c2ccc(C3CCCCC3)cc2)CC1. The first-order valence-electron chi connectivity index (χ1n) is 10.9. The maximum Gasteiger partial charge on any atom is 0.253 e. The maximum absolute atomic E-state index is 13.0. The summed E-state index contributed by atoms with van der Waals surface area (Å²) in [5.41, 5.74) is 2.09. The van der Waals surface area contributed by atoms with Gasteiger partial charge in [0.2, 0.25) is 10.0 Å². The molecule has 1 aliphatic carbocycles. The van der Waals surface area contributed by atoms with Gasteiger partial charge in [-0.25, -0.2) is 8.42 Å². The number of benzene rings is 2. The van der Waals surface area contributed by atoms with Crippen molar-refractivity contribution in [2.24, 2.45) is 0 Å². The molecule has 1 heterocycles. The van der Waals surface area contributed by atoms with Crippen molar-refractivity contribution >= 4 is 15.9 Å². The molecule has 6 nitrogen and oxygen atoms in total. The van der Waals surface area contributed by atoms with Crippen molar-refractivity contribution in [3.63, 3.8) is 0 Å². The van der Waals surface area contributed by atoms with Crippen LogP contribution in [-0.2, 0) is 10.0 Å². The molecule has 2 aromatic rings. The first-order chi connectivity index (χ1) is 15.0. The number of carbonyl (C=O) groups excluding carboxylic acids is 1. The average Bonchev–Trinajstić information content (AvgIpc) is 2.84. The molecule has 1 saturated carbocycles. The van der Waals surface area contributed by atoms with Gasteiger partial charge in [-0.15, -0.1) is 0 Å². The Kier molecular flexibility index (Phi) is 6.40. The summed E-state index contributed by atoms with van der Waals surface area (Å²) in [6, 6.07) is 16.1. The van der Waals surface area contributed by atoms with Crippen LogP contribution in [0.3, 0.4) is 0 Å². The summed E-state index contributed by atoms with van der Waals surface area (Å²) >= 11 is 0. The molecule has 0 N–H and O–H groups in total. The average molecular weight is 438 g/mol. The number of sulfonamides is 1. The molecular formula is C24H27N3O3S. The van der Waals surface area contributed by atoms with E-state index < -0.39 is 10.0 Å². The quantitative estimate of drug-likeness (QED) is 0.729. The van der Waals surface area contributed by atoms with E-state index in [-0.39, 0.29) is 29.5 Å². The first kappa shape index (κ1) is 21.5. The van der Waals surface area contributed by atoms with Crippen LogP contribution in [0.15, 0.2) is 53.4 Å². The molecule has 0 spiro atoms. The fourth-order valence-corrected chi connectivity index (χ4v) is 6.14. The molecule has 162 valence electrons. The molecule has 1 amide bonds. The second kappa shape index (κ2) is 9.21. The highest BCUT2D eigenvalue weighted by atomic mass is 32.2. The second-order valence-electron chi connectivity index (χ2n) is 8.26. The molecule has 1 saturated heterocycles. The fourth-order valence-electron chi connectivity index (χ4n) is 4.57. The Morgan fingerprint density at radius 1 is 0.903 bits per heavy atom. The van der Waals surface area contributed by atoms with E-state index in [0.29, 0.717) is 24.6 Å². The minimum Gasteiger partial charge on any atom is -0.336 e. The number of piperazine rings is 1. The van der Waals surface area contributed by atoms with Crippen molar-refractivity contribution in [3.05, 3.63) is 65.2 Å². The highest BCUT2D eigenvalue weighted by Crippen LogP contribution is 2.32. The van der Waals surface area contributed by atoms with Crippen molar-refractivity contribution < 1.29 is 13.2 Å². The number of amides is 1. The highest BCUT2D eigenvalue weighted by molar-refractivity contribution is 7.89. The molecule has 1 aliphatic heterocycles. The molecule has 0 bridgehead atoms. The first-order valence-corrected chi connectivity index (χ1v) is 12.3. The number of nitrogens with zero attached hydrogens (tertiary/aromatic N) is 3. The van der Waals surface area contributed by atoms with Gasteiger partial charge < -0.3 is 4.90 Å². The van der Waals surface area contributed by atoms with Gasteiger partial charge in [-0.05, 0) is 48.6 Å². The Hall–Kier alpha value is -2.69. The lowest BCUT2D eigenvalue weighted by molar-refractivity contribution is 0.0698. The number of carbonyl (C=O) groups is 1. The summed E-state index contributed by atoms with van der Waals surface area (Å²) in [4.78, 5) is 14.7. The molecule has 0 atom stereocenters. The van der Waals surface area contributed by atoms with Gasteiger partial charge in [0.05, 0.1) is 10.5 Å². The smallest absolute Gasteiger partial charge is 0.253 e. The molecule has 0 unspecified atom stereocenters. The van der Waals surface area contributed by atoms with Gasteiger partial charge in [0, 0.05) is 31.7 Å². The molecule has 2 fully saturated rings. The van der Waals surface area contributed by atoms with Gasteiger partial charge in [-0.3, -0.25) is 4.79 Å². The molecule has 4 rings (SSSR count). The van der Waals surface area contributed by atoms with Crippen molar-refractivity contribution in [1.82, 2.24) is 9.21 Å². The van der Waals surface area contributed by atoms with Crippen LogP contribution < -0.4 is 0 Å². The molecule has 2 aromatic carbocycles. The highest BCUT2D eigenvalue weighted by Gasteiger charge is 2.32. The van der Waals surface area contributed by atoms with Crippen LogP contribution in [0.5, 0.6) is 0 Å². The lowest BCUT2D eigenvalue weighted by Crippen LogP contribution is -2.50. The predicted octanol–water partition coefficient (Wildman–Crippen LogP) is 3.75. The number of nitriles is 1. The van der Waals surface area contributed by atoms with Crippen LogP contribution >= 0.6 is 0 Å². The summed E-state index contributed by atoms with van der Waals surface area (Å²) in [7, 11) is -3.76. The Balaban J connectivity index is 1.40. The molecule has 7 heteroatoms. The number of rotatable bonds is 4. The summed E-state index contributed by atoms with van der Waals surface area (Å²) in [5.74, 6) is 0.535. The van der Waals surface area contributed by atoms with Crippen molar-refractivity contribution in [2.45, 2.75) is 42.9 Å². The van der Waals surface area contributed by atoms with E-state index in [0.717, 1.165) is 0 Å². The number of hydrogen-bond acceptors (Lipinski definition) is 4. The zero-order valence-electron chi connectivity index (χ0n) is 17.5. The van der Waals surface area contributed by atoms with Crippen molar-refractivity contribution in [1.29, 1.82) is 5.26 Å². The van der Waals surface area contributed by atoms with Gasteiger partial charge in [0.1, 0.15) is 6.07 Å². The van der Waals surface area contributed by atoms with E-state index in [2.05, 4.69) is 12.1 Å². The van der Waals surface area contributed by atoms with Crippen LogP contribution in [0, 0.1) is 11.3 Å². The second-order valence-corrected chi connectivity index (χ2v) is 10.2. The molecule has 2 aliphatic rings. The van der Waals surface area contributed by atoms with Gasteiger partial charge in [-0.1, -0.05) is 43.5 Å². The third kappa shape index (κ3) is 4.51. The largest absolute Gasteiger partial charge is 0.336 e. The van der Waals surface area contributed by atoms with Crippen LogP contribution in [0.25, 0.3) is 0 Å². The summed E-state index contributed by atoms with van der Waals surface area (Å²) in [6.07, 6.45) is 6.31. The Bertz CT molecular complexity index is 1080. The van der Waals surface area contributed by atoms with Crippen LogP contribution in [0.1, 0.15) is 59.5 Å². The minimum absolute atomic E-state index is 0.0237. The van der Waals surface area contributed by atoms with Gasteiger partial charge in [-0.2, -0.15) is 9.57 Å². The Morgan fingerprint density at radius 2 is 1.55 bits per heavy atom. The van der Waals surface area contributed by atoms with Crippen molar-refractivity contribution in [3.8, 4) is 6.07 Å². The Morgan fingerprint density at radius 3 is 2.19 bits per heavy atom. The molecular weight excluding hydrogens is 410 g/mol. The normalized spacial score (nSPS) is 18.5. The summed E-state index contributed by atoms with van der Waals surface area (Å²) < 4.78 is 27.3. The lowest BCUT2D eigenvalue weighted by Gasteiger charge is -2.34. The maximum atomic E-state index is 13.0. The zero-order chi connectivity index (χ0) is 21.8. The summed E-state index contributed by atoms with van der Waals surface area (Å²) in [6.45, 7) is 1.09. The zero-order valence-corrected chi connectivity index (χ0v) is 18.4. The van der Waals surface area contributed by atoms with E-state index in [9.17, 15) is 18.5 Å². The van der Waals surface area contributed by atoms with E-state index in [1.165, 1.54) is 54.1 Å². The van der Waals surface area contributed by atoms with Gasteiger partial charge >= 0.3 is 0 Å². The van der Waals surface area contributed by atoms with E-state index >= 15 is 0 Å². The minimum atomic E-state index is -3.76. The van der Waals surface area contributed by atoms with E-state index in [1.54, 1.807) is 17.0 Å². The standard InChI is InChI=1S/C24H27N3O3S/c25-18-22-8-4-5-9-23(22)31(29,30)27-16-14-26(15-17-27)24(28)21-12-10-20(11-13-21)19-6-2-1-3-7-19/h4-5,8-13,19H,1-3,6-7,14-17H2. The van der Waals surface area contributed by atoms with Gasteiger partial charge in [0.15, 0.2) is 0 Å². The van der Waals surface area contributed by atoms with Crippen molar-refractivity contribution in [2.75, 3.05) is 26.2 Å². The molecule has 0 aromatic heterocycles. The number of hydrogen-bond donors (Lipinski definition) is 0. The van der Waals surface area contributed by atoms with Crippen LogP contribution in [-0.4, -0.2) is 49.7 Å². The molecule has 31 heavy (non-hydrogen) atoms.